The standard InChI is InChI=1S/C28H25FN4O5/c1-37-28(36)25-20(16-31-27(35)18-7-10-22(30-15-18)33-11-13-38-14-12-33)26(34)19-8-9-21(29)23(24(19)32-25)17-5-3-2-4-6-17/h2-10,15H,11-14,16H2,1H3,(H,31,35)(H,32,34). The zero-order chi connectivity index (χ0) is 26.6. The molecule has 2 aromatic heterocycles. The van der Waals surface area contributed by atoms with Crippen LogP contribution in [0.4, 0.5) is 10.2 Å². The van der Waals surface area contributed by atoms with E-state index in [2.05, 4.69) is 20.2 Å². The molecule has 0 radical (unpaired) electrons. The number of carbonyl (C=O) groups is 2. The molecule has 10 heteroatoms. The van der Waals surface area contributed by atoms with E-state index < -0.39 is 23.1 Å². The molecule has 0 bridgehead atoms. The maximum atomic E-state index is 14.9. The number of H-pyrrole nitrogens is 1. The number of anilines is 1. The van der Waals surface area contributed by atoms with Crippen molar-refractivity contribution in [3.63, 3.8) is 0 Å². The molecule has 1 saturated heterocycles. The van der Waals surface area contributed by atoms with Gasteiger partial charge in [0.25, 0.3) is 5.91 Å². The maximum absolute atomic E-state index is 14.9. The highest BCUT2D eigenvalue weighted by molar-refractivity contribution is 5.99. The summed E-state index contributed by atoms with van der Waals surface area (Å²) in [5.74, 6) is -1.09. The molecule has 4 aromatic rings. The molecule has 0 spiro atoms. The number of ether oxygens (including phenoxy) is 2. The molecule has 0 unspecified atom stereocenters. The molecule has 2 aromatic carbocycles. The van der Waals surface area contributed by atoms with E-state index in [1.54, 1.807) is 42.5 Å². The van der Waals surface area contributed by atoms with E-state index >= 15 is 0 Å². The number of hydrogen-bond acceptors (Lipinski definition) is 7. The second-order valence-electron chi connectivity index (χ2n) is 8.70. The lowest BCUT2D eigenvalue weighted by Gasteiger charge is -2.27. The van der Waals surface area contributed by atoms with Gasteiger partial charge in [-0.05, 0) is 29.8 Å². The van der Waals surface area contributed by atoms with Gasteiger partial charge in [0.1, 0.15) is 17.3 Å². The summed E-state index contributed by atoms with van der Waals surface area (Å²) < 4.78 is 25.2. The first kappa shape index (κ1) is 25.1. The quantitative estimate of drug-likeness (QED) is 0.378. The number of morpholine rings is 1. The number of nitrogens with one attached hydrogen (secondary N) is 2. The van der Waals surface area contributed by atoms with Crippen LogP contribution < -0.4 is 15.6 Å². The second kappa shape index (κ2) is 10.8. The zero-order valence-electron chi connectivity index (χ0n) is 20.6. The molecule has 5 rings (SSSR count). The van der Waals surface area contributed by atoms with Gasteiger partial charge in [-0.15, -0.1) is 0 Å². The third kappa shape index (κ3) is 4.85. The van der Waals surface area contributed by atoms with Crippen LogP contribution in [0.5, 0.6) is 0 Å². The smallest absolute Gasteiger partial charge is 0.354 e. The molecule has 1 aliphatic rings. The highest BCUT2D eigenvalue weighted by Crippen LogP contribution is 2.30. The largest absolute Gasteiger partial charge is 0.464 e. The van der Waals surface area contributed by atoms with Crippen LogP contribution in [0.15, 0.2) is 65.6 Å². The van der Waals surface area contributed by atoms with E-state index in [0.717, 1.165) is 18.9 Å². The molecule has 194 valence electrons. The molecule has 0 aliphatic carbocycles. The minimum absolute atomic E-state index is 0.00113. The first-order valence-corrected chi connectivity index (χ1v) is 12.1. The molecule has 38 heavy (non-hydrogen) atoms. The highest BCUT2D eigenvalue weighted by Gasteiger charge is 2.22. The molecule has 1 amide bonds. The molecule has 1 aliphatic heterocycles. The van der Waals surface area contributed by atoms with Gasteiger partial charge in [-0.1, -0.05) is 30.3 Å². The first-order chi connectivity index (χ1) is 18.5. The minimum Gasteiger partial charge on any atom is -0.464 e. The van der Waals surface area contributed by atoms with Crippen LogP contribution in [-0.4, -0.2) is 55.3 Å². The third-order valence-electron chi connectivity index (χ3n) is 6.45. The topological polar surface area (TPSA) is 114 Å². The highest BCUT2D eigenvalue weighted by atomic mass is 19.1. The number of esters is 1. The van der Waals surface area contributed by atoms with Gasteiger partial charge in [-0.25, -0.2) is 14.2 Å². The van der Waals surface area contributed by atoms with E-state index in [-0.39, 0.29) is 34.3 Å². The predicted molar refractivity (Wildman–Crippen MR) is 140 cm³/mol. The number of benzene rings is 2. The van der Waals surface area contributed by atoms with E-state index in [1.807, 2.05) is 0 Å². The van der Waals surface area contributed by atoms with Gasteiger partial charge >= 0.3 is 5.97 Å². The van der Waals surface area contributed by atoms with Gasteiger partial charge in [0.15, 0.2) is 5.43 Å². The van der Waals surface area contributed by atoms with Crippen LogP contribution in [0.1, 0.15) is 26.4 Å². The molecule has 9 nitrogen and oxygen atoms in total. The Morgan fingerprint density at radius 2 is 1.87 bits per heavy atom. The number of carbonyl (C=O) groups excluding carboxylic acids is 2. The molecule has 1 fully saturated rings. The van der Waals surface area contributed by atoms with Crippen molar-refractivity contribution in [2.75, 3.05) is 38.3 Å². The summed E-state index contributed by atoms with van der Waals surface area (Å²) >= 11 is 0. The summed E-state index contributed by atoms with van der Waals surface area (Å²) in [6, 6.07) is 14.7. The van der Waals surface area contributed by atoms with Crippen LogP contribution in [0.2, 0.25) is 0 Å². The Morgan fingerprint density at radius 3 is 2.55 bits per heavy atom. The van der Waals surface area contributed by atoms with Crippen LogP contribution in [0, 0.1) is 5.82 Å². The summed E-state index contributed by atoms with van der Waals surface area (Å²) in [5, 5.41) is 2.86. The Hall–Kier alpha value is -4.57. The SMILES string of the molecule is COC(=O)c1[nH]c2c(-c3ccccc3)c(F)ccc2c(=O)c1CNC(=O)c1ccc(N2CCOCC2)nc1. The minimum atomic E-state index is -0.812. The number of halogens is 1. The Labute approximate surface area is 217 Å². The van der Waals surface area contributed by atoms with Crippen LogP contribution in [0.25, 0.3) is 22.0 Å². The van der Waals surface area contributed by atoms with Crippen molar-refractivity contribution in [2.45, 2.75) is 6.54 Å². The fourth-order valence-electron chi connectivity index (χ4n) is 4.48. The van der Waals surface area contributed by atoms with E-state index in [1.165, 1.54) is 25.4 Å². The van der Waals surface area contributed by atoms with Crippen molar-refractivity contribution in [1.29, 1.82) is 0 Å². The Balaban J connectivity index is 1.47. The van der Waals surface area contributed by atoms with Crippen molar-refractivity contribution in [1.82, 2.24) is 15.3 Å². The van der Waals surface area contributed by atoms with Gasteiger partial charge in [0.2, 0.25) is 0 Å². The van der Waals surface area contributed by atoms with Gasteiger partial charge in [-0.2, -0.15) is 0 Å². The average Bonchev–Trinajstić information content (AvgIpc) is 2.96. The fourth-order valence-corrected chi connectivity index (χ4v) is 4.48. The fraction of sp³-hybridized carbons (Fsp3) is 0.214. The lowest BCUT2D eigenvalue weighted by Crippen LogP contribution is -2.36. The summed E-state index contributed by atoms with van der Waals surface area (Å²) in [7, 11) is 1.18. The number of hydrogen-bond donors (Lipinski definition) is 2. The number of aromatic nitrogens is 2. The maximum Gasteiger partial charge on any atom is 0.354 e. The normalized spacial score (nSPS) is 13.4. The summed E-state index contributed by atoms with van der Waals surface area (Å²) in [5.41, 5.74) is 0.489. The van der Waals surface area contributed by atoms with Crippen molar-refractivity contribution < 1.29 is 23.5 Å². The van der Waals surface area contributed by atoms with Crippen molar-refractivity contribution in [3.05, 3.63) is 93.7 Å². The molecular weight excluding hydrogens is 491 g/mol. The zero-order valence-corrected chi connectivity index (χ0v) is 20.6. The molecule has 2 N–H and O–H groups in total. The van der Waals surface area contributed by atoms with Gasteiger partial charge in [-0.3, -0.25) is 9.59 Å². The molecule has 0 atom stereocenters. The lowest BCUT2D eigenvalue weighted by molar-refractivity contribution is 0.0592. The predicted octanol–water partition coefficient (Wildman–Crippen LogP) is 3.28. The van der Waals surface area contributed by atoms with E-state index in [4.69, 9.17) is 9.47 Å². The Kier molecular flexibility index (Phi) is 7.14. The Bertz CT molecular complexity index is 1550. The molecule has 0 saturated carbocycles. The number of nitrogens with zero attached hydrogens (tertiary/aromatic N) is 2. The number of methoxy groups -OCH3 is 1. The lowest BCUT2D eigenvalue weighted by atomic mass is 9.99. The summed E-state index contributed by atoms with van der Waals surface area (Å²) in [6.07, 6.45) is 1.46. The Morgan fingerprint density at radius 1 is 1.11 bits per heavy atom. The molecular formula is C28H25FN4O5. The number of amides is 1. The van der Waals surface area contributed by atoms with Crippen molar-refractivity contribution in [2.24, 2.45) is 0 Å². The number of rotatable bonds is 6. The number of aromatic amines is 1. The number of pyridine rings is 2. The van der Waals surface area contributed by atoms with Gasteiger partial charge in [0, 0.05) is 36.8 Å². The van der Waals surface area contributed by atoms with Gasteiger partial charge in [0.05, 0.1) is 37.0 Å². The van der Waals surface area contributed by atoms with Crippen LogP contribution in [0.3, 0.4) is 0 Å². The van der Waals surface area contributed by atoms with E-state index in [9.17, 15) is 18.8 Å². The van der Waals surface area contributed by atoms with E-state index in [0.29, 0.717) is 24.3 Å². The number of fused-ring (bicyclic) bond motifs is 1. The van der Waals surface area contributed by atoms with Crippen LogP contribution in [-0.2, 0) is 16.0 Å². The average molecular weight is 517 g/mol. The van der Waals surface area contributed by atoms with Gasteiger partial charge < -0.3 is 24.7 Å². The van der Waals surface area contributed by atoms with Crippen LogP contribution >= 0.6 is 0 Å². The summed E-state index contributed by atoms with van der Waals surface area (Å²) in [6.45, 7) is 2.42. The first-order valence-electron chi connectivity index (χ1n) is 12.1. The van der Waals surface area contributed by atoms with Crippen molar-refractivity contribution >= 4 is 28.6 Å². The monoisotopic (exact) mass is 516 g/mol. The summed E-state index contributed by atoms with van der Waals surface area (Å²) in [4.78, 5) is 48.3. The molecule has 3 heterocycles. The van der Waals surface area contributed by atoms with Crippen molar-refractivity contribution in [3.8, 4) is 11.1 Å². The third-order valence-corrected chi connectivity index (χ3v) is 6.45. The second-order valence-corrected chi connectivity index (χ2v) is 8.70.